The molecule has 3 rings (SSSR count). The van der Waals surface area contributed by atoms with Gasteiger partial charge in [-0.25, -0.2) is 0 Å². The fraction of sp³-hybridized carbons (Fsp3) is 0.533. The highest BCUT2D eigenvalue weighted by atomic mass is 79.9. The summed E-state index contributed by atoms with van der Waals surface area (Å²) < 4.78 is 1.01. The van der Waals surface area contributed by atoms with Gasteiger partial charge in [0.1, 0.15) is 0 Å². The zero-order valence-corrected chi connectivity index (χ0v) is 13.8. The van der Waals surface area contributed by atoms with Gasteiger partial charge in [-0.3, -0.25) is 4.79 Å². The fourth-order valence-electron chi connectivity index (χ4n) is 3.25. The second-order valence-corrected chi connectivity index (χ2v) is 6.65. The number of hydrogen-bond donors (Lipinski definition) is 1. The maximum Gasteiger partial charge on any atom is 0.253 e. The monoisotopic (exact) mass is 358 g/mol. The van der Waals surface area contributed by atoms with Gasteiger partial charge in [-0.05, 0) is 62.0 Å². The Labute approximate surface area is 134 Å². The minimum atomic E-state index is 0. The van der Waals surface area contributed by atoms with Gasteiger partial charge in [0.15, 0.2) is 0 Å². The Bertz CT molecular complexity index is 471. The van der Waals surface area contributed by atoms with Crippen LogP contribution in [0.1, 0.15) is 29.6 Å². The maximum absolute atomic E-state index is 12.5. The molecule has 1 aromatic carbocycles. The molecule has 0 bridgehead atoms. The van der Waals surface area contributed by atoms with Crippen LogP contribution in [0.15, 0.2) is 28.7 Å². The van der Waals surface area contributed by atoms with Crippen LogP contribution in [-0.2, 0) is 0 Å². The molecule has 5 heteroatoms. The highest BCUT2D eigenvalue weighted by Gasteiger charge is 2.40. The number of piperidine rings is 1. The van der Waals surface area contributed by atoms with Crippen LogP contribution in [0.5, 0.6) is 0 Å². The fourth-order valence-corrected chi connectivity index (χ4v) is 3.51. The van der Waals surface area contributed by atoms with Gasteiger partial charge in [-0.15, -0.1) is 12.4 Å². The van der Waals surface area contributed by atoms with Gasteiger partial charge in [0.2, 0.25) is 0 Å². The van der Waals surface area contributed by atoms with Crippen LogP contribution in [0.25, 0.3) is 0 Å². The highest BCUT2D eigenvalue weighted by molar-refractivity contribution is 9.10. The number of carbonyl (C=O) groups excluding carboxylic acids is 1. The van der Waals surface area contributed by atoms with Crippen molar-refractivity contribution in [3.05, 3.63) is 34.3 Å². The molecule has 0 aliphatic carbocycles. The van der Waals surface area contributed by atoms with Crippen LogP contribution in [0.4, 0.5) is 0 Å². The summed E-state index contributed by atoms with van der Waals surface area (Å²) in [6.07, 6.45) is 3.57. The van der Waals surface area contributed by atoms with Crippen LogP contribution >= 0.6 is 28.3 Å². The number of carbonyl (C=O) groups is 1. The van der Waals surface area contributed by atoms with Crippen molar-refractivity contribution in [1.82, 2.24) is 10.2 Å². The van der Waals surface area contributed by atoms with Gasteiger partial charge in [0, 0.05) is 23.1 Å². The molecule has 1 spiro atoms. The summed E-state index contributed by atoms with van der Waals surface area (Å²) in [6.45, 7) is 4.04. The largest absolute Gasteiger partial charge is 0.338 e. The van der Waals surface area contributed by atoms with E-state index in [1.54, 1.807) is 0 Å². The molecule has 0 unspecified atom stereocenters. The van der Waals surface area contributed by atoms with Crippen LogP contribution in [0.3, 0.4) is 0 Å². The summed E-state index contributed by atoms with van der Waals surface area (Å²) in [4.78, 5) is 14.5. The average Bonchev–Trinajstić information content (AvgIpc) is 2.83. The molecule has 1 N–H and O–H groups in total. The lowest BCUT2D eigenvalue weighted by Gasteiger charge is -2.33. The lowest BCUT2D eigenvalue weighted by Crippen LogP contribution is -2.39. The number of benzene rings is 1. The first-order valence-corrected chi connectivity index (χ1v) is 7.73. The van der Waals surface area contributed by atoms with Crippen LogP contribution in [0, 0.1) is 5.41 Å². The first kappa shape index (κ1) is 15.8. The van der Waals surface area contributed by atoms with Gasteiger partial charge < -0.3 is 10.2 Å². The van der Waals surface area contributed by atoms with Crippen molar-refractivity contribution in [1.29, 1.82) is 0 Å². The highest BCUT2D eigenvalue weighted by Crippen LogP contribution is 2.38. The lowest BCUT2D eigenvalue weighted by atomic mass is 9.78. The number of nitrogens with zero attached hydrogens (tertiary/aromatic N) is 1. The van der Waals surface area contributed by atoms with E-state index in [2.05, 4.69) is 21.2 Å². The molecule has 2 aliphatic heterocycles. The number of halogens is 2. The molecule has 110 valence electrons. The summed E-state index contributed by atoms with van der Waals surface area (Å²) >= 11 is 3.40. The van der Waals surface area contributed by atoms with E-state index in [-0.39, 0.29) is 18.3 Å². The molecular formula is C15H20BrClN2O. The van der Waals surface area contributed by atoms with E-state index in [0.29, 0.717) is 5.41 Å². The lowest BCUT2D eigenvalue weighted by molar-refractivity contribution is 0.0762. The molecule has 0 radical (unpaired) electrons. The molecule has 20 heavy (non-hydrogen) atoms. The van der Waals surface area contributed by atoms with Crippen LogP contribution in [-0.4, -0.2) is 37.0 Å². The number of hydrogen-bond acceptors (Lipinski definition) is 2. The summed E-state index contributed by atoms with van der Waals surface area (Å²) in [7, 11) is 0. The molecule has 3 nitrogen and oxygen atoms in total. The van der Waals surface area contributed by atoms with Crippen molar-refractivity contribution in [2.24, 2.45) is 5.41 Å². The zero-order valence-electron chi connectivity index (χ0n) is 11.4. The third kappa shape index (κ3) is 3.18. The smallest absolute Gasteiger partial charge is 0.253 e. The molecule has 2 aliphatic rings. The van der Waals surface area contributed by atoms with E-state index in [9.17, 15) is 4.79 Å². The van der Waals surface area contributed by atoms with Crippen molar-refractivity contribution in [3.8, 4) is 0 Å². The second-order valence-electron chi connectivity index (χ2n) is 5.73. The van der Waals surface area contributed by atoms with Gasteiger partial charge in [-0.1, -0.05) is 15.9 Å². The molecular weight excluding hydrogens is 340 g/mol. The summed E-state index contributed by atoms with van der Waals surface area (Å²) in [5.41, 5.74) is 1.19. The molecule has 2 saturated heterocycles. The van der Waals surface area contributed by atoms with E-state index in [0.717, 1.165) is 42.6 Å². The Hall–Kier alpha value is -0.580. The molecule has 0 saturated carbocycles. The van der Waals surface area contributed by atoms with Crippen LogP contribution in [0.2, 0.25) is 0 Å². The van der Waals surface area contributed by atoms with Crippen LogP contribution < -0.4 is 5.32 Å². The van der Waals surface area contributed by atoms with Gasteiger partial charge in [0.25, 0.3) is 5.91 Å². The Balaban J connectivity index is 0.00000147. The van der Waals surface area contributed by atoms with Crippen molar-refractivity contribution in [2.75, 3.05) is 26.2 Å². The maximum atomic E-state index is 12.5. The van der Waals surface area contributed by atoms with Crippen molar-refractivity contribution in [3.63, 3.8) is 0 Å². The zero-order chi connectivity index (χ0) is 13.3. The third-order valence-corrected chi connectivity index (χ3v) is 5.01. The van der Waals surface area contributed by atoms with Crippen molar-refractivity contribution < 1.29 is 4.79 Å². The second kappa shape index (κ2) is 6.46. The number of likely N-dealkylation sites (tertiary alicyclic amines) is 1. The Morgan fingerprint density at radius 1 is 1.15 bits per heavy atom. The van der Waals surface area contributed by atoms with Gasteiger partial charge in [0.05, 0.1) is 0 Å². The van der Waals surface area contributed by atoms with Crippen molar-refractivity contribution >= 4 is 34.2 Å². The quantitative estimate of drug-likeness (QED) is 0.836. The predicted molar refractivity (Wildman–Crippen MR) is 86.4 cm³/mol. The molecule has 2 heterocycles. The molecule has 0 atom stereocenters. The van der Waals surface area contributed by atoms with Crippen molar-refractivity contribution in [2.45, 2.75) is 19.3 Å². The predicted octanol–water partition coefficient (Wildman–Crippen LogP) is 3.09. The topological polar surface area (TPSA) is 32.3 Å². The van der Waals surface area contributed by atoms with Gasteiger partial charge >= 0.3 is 0 Å². The minimum Gasteiger partial charge on any atom is -0.338 e. The standard InChI is InChI=1S/C15H19BrN2O.ClH/c16-13-3-1-12(2-4-13)14(19)18-10-7-15(11-18)5-8-17-9-6-15;/h1-4,17H,5-11H2;1H. The van der Waals surface area contributed by atoms with E-state index in [1.807, 2.05) is 29.2 Å². The third-order valence-electron chi connectivity index (χ3n) is 4.48. The summed E-state index contributed by atoms with van der Waals surface area (Å²) in [5.74, 6) is 0.183. The summed E-state index contributed by atoms with van der Waals surface area (Å²) in [5, 5.41) is 3.41. The average molecular weight is 360 g/mol. The number of amides is 1. The minimum absolute atomic E-state index is 0. The molecule has 1 aromatic rings. The van der Waals surface area contributed by atoms with E-state index in [1.165, 1.54) is 12.8 Å². The SMILES string of the molecule is Cl.O=C(c1ccc(Br)cc1)N1CCC2(CCNCC2)C1. The Kier molecular flexibility index (Phi) is 5.10. The van der Waals surface area contributed by atoms with E-state index in [4.69, 9.17) is 0 Å². The molecule has 2 fully saturated rings. The number of nitrogens with one attached hydrogen (secondary N) is 1. The molecule has 0 aromatic heterocycles. The Morgan fingerprint density at radius 3 is 2.45 bits per heavy atom. The first-order valence-electron chi connectivity index (χ1n) is 6.94. The van der Waals surface area contributed by atoms with E-state index >= 15 is 0 Å². The summed E-state index contributed by atoms with van der Waals surface area (Å²) in [6, 6.07) is 7.67. The first-order chi connectivity index (χ1) is 9.19. The normalized spacial score (nSPS) is 20.8. The molecule has 1 amide bonds. The number of rotatable bonds is 1. The van der Waals surface area contributed by atoms with Gasteiger partial charge in [-0.2, -0.15) is 0 Å². The Morgan fingerprint density at radius 2 is 1.80 bits per heavy atom. The van der Waals surface area contributed by atoms with E-state index < -0.39 is 0 Å².